The zero-order chi connectivity index (χ0) is 15.1. The van der Waals surface area contributed by atoms with Crippen molar-refractivity contribution in [2.24, 2.45) is 0 Å². The molecule has 106 valence electrons. The Bertz CT molecular complexity index is 553. The maximum atomic E-state index is 10.8. The summed E-state index contributed by atoms with van der Waals surface area (Å²) in [4.78, 5) is 24.6. The molecule has 1 heterocycles. The third-order valence-corrected chi connectivity index (χ3v) is 2.60. The van der Waals surface area contributed by atoms with Gasteiger partial charge in [0, 0.05) is 12.1 Å². The number of nitro groups is 1. The second kappa shape index (κ2) is 7.04. The summed E-state index contributed by atoms with van der Waals surface area (Å²) in [5, 5.41) is 31.3. The predicted molar refractivity (Wildman–Crippen MR) is 70.2 cm³/mol. The summed E-state index contributed by atoms with van der Waals surface area (Å²) >= 11 is 0. The van der Waals surface area contributed by atoms with Crippen LogP contribution in [0, 0.1) is 21.4 Å². The zero-order valence-electron chi connectivity index (χ0n) is 10.9. The molecule has 0 saturated carbocycles. The van der Waals surface area contributed by atoms with Gasteiger partial charge in [-0.3, -0.25) is 14.9 Å². The molecule has 0 aliphatic rings. The number of nitrogens with zero attached hydrogens (tertiary/aromatic N) is 3. The van der Waals surface area contributed by atoms with E-state index in [0.29, 0.717) is 6.42 Å². The molecule has 0 aliphatic carbocycles. The highest BCUT2D eigenvalue weighted by Crippen LogP contribution is 2.20. The minimum Gasteiger partial charge on any atom is -0.481 e. The molecule has 1 aromatic rings. The summed E-state index contributed by atoms with van der Waals surface area (Å²) in [6.07, 6.45) is 2.28. The number of anilines is 1. The fourth-order valence-corrected chi connectivity index (χ4v) is 1.73. The third-order valence-electron chi connectivity index (χ3n) is 2.60. The van der Waals surface area contributed by atoms with Crippen LogP contribution in [-0.4, -0.2) is 27.0 Å². The predicted octanol–water partition coefficient (Wildman–Crippen LogP) is 1.92. The highest BCUT2D eigenvalue weighted by atomic mass is 16.6. The second-order valence-electron chi connectivity index (χ2n) is 4.19. The quantitative estimate of drug-likeness (QED) is 0.575. The lowest BCUT2D eigenvalue weighted by Crippen LogP contribution is -2.24. The Kier molecular flexibility index (Phi) is 5.41. The highest BCUT2D eigenvalue weighted by Gasteiger charge is 2.17. The first kappa shape index (κ1) is 15.4. The highest BCUT2D eigenvalue weighted by molar-refractivity contribution is 5.68. The summed E-state index contributed by atoms with van der Waals surface area (Å²) < 4.78 is 0. The molecule has 8 nitrogen and oxygen atoms in total. The number of pyridine rings is 1. The van der Waals surface area contributed by atoms with Crippen molar-refractivity contribution in [1.29, 1.82) is 5.26 Å². The molecular weight excluding hydrogens is 264 g/mol. The smallest absolute Gasteiger partial charge is 0.305 e. The summed E-state index contributed by atoms with van der Waals surface area (Å²) in [7, 11) is 0. The third kappa shape index (κ3) is 4.20. The van der Waals surface area contributed by atoms with Gasteiger partial charge in [-0.2, -0.15) is 5.26 Å². The summed E-state index contributed by atoms with van der Waals surface area (Å²) in [6, 6.07) is 2.55. The van der Waals surface area contributed by atoms with Crippen molar-refractivity contribution in [3.05, 3.63) is 27.9 Å². The number of rotatable bonds is 7. The topological polar surface area (TPSA) is 129 Å². The summed E-state index contributed by atoms with van der Waals surface area (Å²) in [5.41, 5.74) is -0.261. The van der Waals surface area contributed by atoms with Crippen LogP contribution in [0.1, 0.15) is 31.7 Å². The van der Waals surface area contributed by atoms with Crippen molar-refractivity contribution < 1.29 is 14.8 Å². The molecule has 2 N–H and O–H groups in total. The van der Waals surface area contributed by atoms with Crippen molar-refractivity contribution >= 4 is 17.5 Å². The number of carboxylic acid groups (broad SMARTS) is 1. The number of hydrogen-bond acceptors (Lipinski definition) is 6. The SMILES string of the molecule is CCCC(CC(=O)O)Nc1ncc([N+](=O)[O-])cc1C#N. The first-order valence-electron chi connectivity index (χ1n) is 6.00. The average molecular weight is 278 g/mol. The largest absolute Gasteiger partial charge is 0.481 e. The van der Waals surface area contributed by atoms with Gasteiger partial charge < -0.3 is 10.4 Å². The first-order valence-corrected chi connectivity index (χ1v) is 6.00. The molecule has 1 aromatic heterocycles. The number of carbonyl (C=O) groups is 1. The van der Waals surface area contributed by atoms with Crippen LogP contribution in [-0.2, 0) is 4.79 Å². The number of carboxylic acids is 1. The molecule has 0 aliphatic heterocycles. The Balaban J connectivity index is 2.97. The second-order valence-corrected chi connectivity index (χ2v) is 4.19. The van der Waals surface area contributed by atoms with E-state index in [1.54, 1.807) is 0 Å². The Morgan fingerprint density at radius 3 is 2.90 bits per heavy atom. The molecule has 0 bridgehead atoms. The van der Waals surface area contributed by atoms with Gasteiger partial charge in [0.25, 0.3) is 5.69 Å². The van der Waals surface area contributed by atoms with Crippen molar-refractivity contribution in [2.45, 2.75) is 32.2 Å². The summed E-state index contributed by atoms with van der Waals surface area (Å²) in [6.45, 7) is 1.91. The lowest BCUT2D eigenvalue weighted by atomic mass is 10.1. The van der Waals surface area contributed by atoms with E-state index in [1.807, 2.05) is 13.0 Å². The number of hydrogen-bond donors (Lipinski definition) is 2. The van der Waals surface area contributed by atoms with Crippen molar-refractivity contribution in [2.75, 3.05) is 5.32 Å². The van der Waals surface area contributed by atoms with E-state index < -0.39 is 10.9 Å². The molecule has 0 aromatic carbocycles. The Morgan fingerprint density at radius 2 is 2.40 bits per heavy atom. The molecule has 0 fully saturated rings. The Labute approximate surface area is 115 Å². The first-order chi connectivity index (χ1) is 9.47. The van der Waals surface area contributed by atoms with Crippen LogP contribution >= 0.6 is 0 Å². The summed E-state index contributed by atoms with van der Waals surface area (Å²) in [5.74, 6) is -0.797. The van der Waals surface area contributed by atoms with E-state index in [9.17, 15) is 14.9 Å². The monoisotopic (exact) mass is 278 g/mol. The lowest BCUT2D eigenvalue weighted by Gasteiger charge is -2.17. The number of nitriles is 1. The lowest BCUT2D eigenvalue weighted by molar-refractivity contribution is -0.385. The number of nitrogens with one attached hydrogen (secondary N) is 1. The van der Waals surface area contributed by atoms with Gasteiger partial charge in [0.05, 0.1) is 11.3 Å². The van der Waals surface area contributed by atoms with Gasteiger partial charge in [-0.25, -0.2) is 4.98 Å². The van der Waals surface area contributed by atoms with Gasteiger partial charge in [-0.1, -0.05) is 13.3 Å². The average Bonchev–Trinajstić information content (AvgIpc) is 2.38. The van der Waals surface area contributed by atoms with Gasteiger partial charge in [0.1, 0.15) is 23.6 Å². The minimum atomic E-state index is -0.962. The molecule has 20 heavy (non-hydrogen) atoms. The molecule has 0 saturated heterocycles. The van der Waals surface area contributed by atoms with Gasteiger partial charge in [0.15, 0.2) is 0 Å². The van der Waals surface area contributed by atoms with Crippen LogP contribution in [0.5, 0.6) is 0 Å². The van der Waals surface area contributed by atoms with Crippen LogP contribution in [0.3, 0.4) is 0 Å². The van der Waals surface area contributed by atoms with Crippen molar-refractivity contribution in [3.63, 3.8) is 0 Å². The van der Waals surface area contributed by atoms with Crippen molar-refractivity contribution in [3.8, 4) is 6.07 Å². The van der Waals surface area contributed by atoms with E-state index in [4.69, 9.17) is 10.4 Å². The van der Waals surface area contributed by atoms with Crippen LogP contribution in [0.4, 0.5) is 11.5 Å². The Hall–Kier alpha value is -2.69. The van der Waals surface area contributed by atoms with Crippen molar-refractivity contribution in [1.82, 2.24) is 4.98 Å². The maximum Gasteiger partial charge on any atom is 0.305 e. The van der Waals surface area contributed by atoms with Gasteiger partial charge in [-0.15, -0.1) is 0 Å². The van der Waals surface area contributed by atoms with E-state index in [0.717, 1.165) is 18.7 Å². The molecule has 8 heteroatoms. The normalized spacial score (nSPS) is 11.4. The molecular formula is C12H14N4O4. The standard InChI is InChI=1S/C12H14N4O4/c1-2-3-9(5-11(17)18)15-12-8(6-13)4-10(7-14-12)16(19)20/h4,7,9H,2-3,5H2,1H3,(H,14,15)(H,17,18). The molecule has 0 amide bonds. The molecule has 0 radical (unpaired) electrons. The van der Waals surface area contributed by atoms with E-state index in [-0.39, 0.29) is 29.5 Å². The number of aliphatic carboxylic acids is 1. The van der Waals surface area contributed by atoms with Gasteiger partial charge in [-0.05, 0) is 6.42 Å². The maximum absolute atomic E-state index is 10.8. The molecule has 1 rings (SSSR count). The fourth-order valence-electron chi connectivity index (χ4n) is 1.73. The van der Waals surface area contributed by atoms with Gasteiger partial charge >= 0.3 is 5.97 Å². The van der Waals surface area contributed by atoms with E-state index >= 15 is 0 Å². The van der Waals surface area contributed by atoms with Gasteiger partial charge in [0.2, 0.25) is 0 Å². The molecule has 0 spiro atoms. The van der Waals surface area contributed by atoms with E-state index in [2.05, 4.69) is 10.3 Å². The molecule has 1 unspecified atom stereocenters. The van der Waals surface area contributed by atoms with Crippen LogP contribution in [0.15, 0.2) is 12.3 Å². The zero-order valence-corrected chi connectivity index (χ0v) is 10.9. The number of aromatic nitrogens is 1. The van der Waals surface area contributed by atoms with E-state index in [1.165, 1.54) is 0 Å². The minimum absolute atomic E-state index is 0.0192. The Morgan fingerprint density at radius 1 is 1.70 bits per heavy atom. The van der Waals surface area contributed by atoms with Crippen LogP contribution in [0.25, 0.3) is 0 Å². The van der Waals surface area contributed by atoms with Crippen LogP contribution in [0.2, 0.25) is 0 Å². The fraction of sp³-hybridized carbons (Fsp3) is 0.417. The molecule has 1 atom stereocenters. The van der Waals surface area contributed by atoms with Crippen LogP contribution < -0.4 is 5.32 Å².